The minimum Gasteiger partial charge on any atom is -0.393 e. The summed E-state index contributed by atoms with van der Waals surface area (Å²) in [5.74, 6) is 0. The van der Waals surface area contributed by atoms with E-state index in [0.29, 0.717) is 17.3 Å². The maximum absolute atomic E-state index is 12.1. The number of aliphatic hydroxyl groups is 1. The van der Waals surface area contributed by atoms with Crippen molar-refractivity contribution in [1.82, 2.24) is 4.72 Å². The first kappa shape index (κ1) is 17.1. The minimum atomic E-state index is -3.57. The molecule has 0 aliphatic carbocycles. The highest BCUT2D eigenvalue weighted by molar-refractivity contribution is 9.11. The Kier molecular flexibility index (Phi) is 6.46. The fourth-order valence-corrected chi connectivity index (χ4v) is 4.20. The van der Waals surface area contributed by atoms with Crippen LogP contribution in [0, 0.1) is 6.92 Å². The van der Waals surface area contributed by atoms with E-state index in [1.807, 2.05) is 13.8 Å². The van der Waals surface area contributed by atoms with Crippen molar-refractivity contribution in [2.75, 3.05) is 6.54 Å². The van der Waals surface area contributed by atoms with Crippen LogP contribution in [-0.2, 0) is 10.0 Å². The first-order valence-corrected chi connectivity index (χ1v) is 8.98. The van der Waals surface area contributed by atoms with Crippen molar-refractivity contribution in [1.29, 1.82) is 0 Å². The SMILES string of the molecule is CCC(O)CCNS(=O)(=O)c1cc(Br)c(C)cc1Br. The summed E-state index contributed by atoms with van der Waals surface area (Å²) in [7, 11) is -3.57. The Hall–Kier alpha value is 0.0500. The summed E-state index contributed by atoms with van der Waals surface area (Å²) in [4.78, 5) is 0.191. The van der Waals surface area contributed by atoms with Crippen LogP contribution in [0.3, 0.4) is 0 Å². The van der Waals surface area contributed by atoms with Crippen molar-refractivity contribution < 1.29 is 13.5 Å². The van der Waals surface area contributed by atoms with E-state index in [0.717, 1.165) is 10.0 Å². The minimum absolute atomic E-state index is 0.191. The number of sulfonamides is 1. The van der Waals surface area contributed by atoms with Crippen LogP contribution in [0.25, 0.3) is 0 Å². The Morgan fingerprint density at radius 2 is 1.95 bits per heavy atom. The van der Waals surface area contributed by atoms with Crippen molar-refractivity contribution in [3.8, 4) is 0 Å². The molecule has 4 nitrogen and oxygen atoms in total. The Bertz CT molecular complexity index is 546. The number of halogens is 2. The molecule has 0 spiro atoms. The van der Waals surface area contributed by atoms with Crippen LogP contribution < -0.4 is 4.72 Å². The van der Waals surface area contributed by atoms with Gasteiger partial charge in [0.1, 0.15) is 0 Å². The van der Waals surface area contributed by atoms with Gasteiger partial charge < -0.3 is 5.11 Å². The standard InChI is InChI=1S/C12H17Br2NO3S/c1-3-9(16)4-5-15-19(17,18)12-7-10(13)8(2)6-11(12)14/h6-7,9,15-16H,3-5H2,1-2H3. The van der Waals surface area contributed by atoms with Crippen molar-refractivity contribution >= 4 is 41.9 Å². The third kappa shape index (κ3) is 4.82. The molecule has 0 aromatic heterocycles. The molecule has 0 fully saturated rings. The number of hydrogen-bond acceptors (Lipinski definition) is 3. The molecule has 0 saturated carbocycles. The molecule has 1 aromatic rings. The number of hydrogen-bond donors (Lipinski definition) is 2. The number of nitrogens with one attached hydrogen (secondary N) is 1. The molecule has 0 heterocycles. The van der Waals surface area contributed by atoms with Gasteiger partial charge in [0.2, 0.25) is 10.0 Å². The summed E-state index contributed by atoms with van der Waals surface area (Å²) < 4.78 is 28.0. The average Bonchev–Trinajstić information content (AvgIpc) is 2.33. The topological polar surface area (TPSA) is 66.4 Å². The van der Waals surface area contributed by atoms with Crippen LogP contribution in [-0.4, -0.2) is 26.2 Å². The zero-order chi connectivity index (χ0) is 14.6. The summed E-state index contributed by atoms with van der Waals surface area (Å²) in [5, 5.41) is 9.41. The Balaban J connectivity index is 2.86. The lowest BCUT2D eigenvalue weighted by atomic mass is 10.2. The number of rotatable bonds is 6. The van der Waals surface area contributed by atoms with Gasteiger partial charge in [-0.15, -0.1) is 0 Å². The largest absolute Gasteiger partial charge is 0.393 e. The van der Waals surface area contributed by atoms with Crippen LogP contribution in [0.2, 0.25) is 0 Å². The molecule has 0 radical (unpaired) electrons. The van der Waals surface area contributed by atoms with Crippen molar-refractivity contribution in [3.05, 3.63) is 26.6 Å². The average molecular weight is 415 g/mol. The highest BCUT2D eigenvalue weighted by Gasteiger charge is 2.18. The first-order valence-electron chi connectivity index (χ1n) is 5.91. The molecule has 1 aromatic carbocycles. The van der Waals surface area contributed by atoms with Gasteiger partial charge in [0, 0.05) is 15.5 Å². The summed E-state index contributed by atoms with van der Waals surface area (Å²) >= 11 is 6.58. The number of aliphatic hydroxyl groups excluding tert-OH is 1. The van der Waals surface area contributed by atoms with E-state index in [1.165, 1.54) is 0 Å². The normalized spacial score (nSPS) is 13.5. The first-order chi connectivity index (χ1) is 8.77. The van der Waals surface area contributed by atoms with Gasteiger partial charge >= 0.3 is 0 Å². The van der Waals surface area contributed by atoms with E-state index in [9.17, 15) is 13.5 Å². The Morgan fingerprint density at radius 1 is 1.32 bits per heavy atom. The van der Waals surface area contributed by atoms with Crippen molar-refractivity contribution in [3.63, 3.8) is 0 Å². The second-order valence-electron chi connectivity index (χ2n) is 4.28. The van der Waals surface area contributed by atoms with E-state index in [4.69, 9.17) is 0 Å². The third-order valence-corrected chi connectivity index (χ3v) is 6.02. The van der Waals surface area contributed by atoms with E-state index in [-0.39, 0.29) is 11.4 Å². The maximum Gasteiger partial charge on any atom is 0.241 e. The zero-order valence-electron chi connectivity index (χ0n) is 10.8. The predicted octanol–water partition coefficient (Wildman–Crippen LogP) is 2.96. The van der Waals surface area contributed by atoms with Crippen LogP contribution in [0.1, 0.15) is 25.3 Å². The molecule has 7 heteroatoms. The van der Waals surface area contributed by atoms with Gasteiger partial charge in [0.15, 0.2) is 0 Å². The summed E-state index contributed by atoms with van der Waals surface area (Å²) in [6.07, 6.45) is 0.540. The number of aryl methyl sites for hydroxylation is 1. The zero-order valence-corrected chi connectivity index (χ0v) is 14.8. The maximum atomic E-state index is 12.1. The molecule has 0 bridgehead atoms. The quantitative estimate of drug-likeness (QED) is 0.751. The molecule has 1 atom stereocenters. The molecule has 108 valence electrons. The summed E-state index contributed by atoms with van der Waals surface area (Å²) in [6, 6.07) is 3.32. The number of benzene rings is 1. The second kappa shape index (κ2) is 7.17. The van der Waals surface area contributed by atoms with Gasteiger partial charge in [-0.05, 0) is 53.4 Å². The van der Waals surface area contributed by atoms with Crippen LogP contribution in [0.15, 0.2) is 26.0 Å². The molecular weight excluding hydrogens is 398 g/mol. The lowest BCUT2D eigenvalue weighted by Gasteiger charge is -2.12. The van der Waals surface area contributed by atoms with Gasteiger partial charge in [-0.1, -0.05) is 22.9 Å². The molecule has 0 aliphatic rings. The lowest BCUT2D eigenvalue weighted by molar-refractivity contribution is 0.162. The second-order valence-corrected chi connectivity index (χ2v) is 7.72. The molecule has 0 aliphatic heterocycles. The van der Waals surface area contributed by atoms with Gasteiger partial charge in [-0.25, -0.2) is 13.1 Å². The van der Waals surface area contributed by atoms with Crippen LogP contribution in [0.5, 0.6) is 0 Å². The summed E-state index contributed by atoms with van der Waals surface area (Å²) in [5.41, 5.74) is 0.951. The van der Waals surface area contributed by atoms with Crippen LogP contribution >= 0.6 is 31.9 Å². The molecule has 2 N–H and O–H groups in total. The van der Waals surface area contributed by atoms with Crippen molar-refractivity contribution in [2.24, 2.45) is 0 Å². The van der Waals surface area contributed by atoms with Crippen molar-refractivity contribution in [2.45, 2.75) is 37.7 Å². The Labute approximate surface area is 130 Å². The van der Waals surface area contributed by atoms with Crippen LogP contribution in [0.4, 0.5) is 0 Å². The van der Waals surface area contributed by atoms with Gasteiger partial charge in [-0.2, -0.15) is 0 Å². The Morgan fingerprint density at radius 3 is 2.53 bits per heavy atom. The predicted molar refractivity (Wildman–Crippen MR) is 82.7 cm³/mol. The fourth-order valence-electron chi connectivity index (χ4n) is 1.48. The molecule has 19 heavy (non-hydrogen) atoms. The third-order valence-electron chi connectivity index (χ3n) is 2.74. The monoisotopic (exact) mass is 413 g/mol. The van der Waals surface area contributed by atoms with E-state index in [2.05, 4.69) is 36.6 Å². The van der Waals surface area contributed by atoms with E-state index >= 15 is 0 Å². The molecule has 1 rings (SSSR count). The van der Waals surface area contributed by atoms with Gasteiger partial charge in [0.25, 0.3) is 0 Å². The van der Waals surface area contributed by atoms with E-state index in [1.54, 1.807) is 12.1 Å². The molecule has 0 amide bonds. The molecule has 1 unspecified atom stereocenters. The highest BCUT2D eigenvalue weighted by Crippen LogP contribution is 2.28. The summed E-state index contributed by atoms with van der Waals surface area (Å²) in [6.45, 7) is 3.96. The smallest absolute Gasteiger partial charge is 0.241 e. The van der Waals surface area contributed by atoms with Gasteiger partial charge in [0.05, 0.1) is 11.0 Å². The highest BCUT2D eigenvalue weighted by atomic mass is 79.9. The van der Waals surface area contributed by atoms with Gasteiger partial charge in [-0.3, -0.25) is 0 Å². The fraction of sp³-hybridized carbons (Fsp3) is 0.500. The lowest BCUT2D eigenvalue weighted by Crippen LogP contribution is -2.27. The molecule has 0 saturated heterocycles. The molecular formula is C12H17Br2NO3S. The van der Waals surface area contributed by atoms with E-state index < -0.39 is 16.1 Å².